The lowest BCUT2D eigenvalue weighted by atomic mass is 9.88. The highest BCUT2D eigenvalue weighted by Gasteiger charge is 2.47. The van der Waals surface area contributed by atoms with Crippen LogP contribution in [0.25, 0.3) is 15.7 Å². The average Bonchev–Trinajstić information content (AvgIpc) is 3.84. The van der Waals surface area contributed by atoms with Gasteiger partial charge in [-0.1, -0.05) is 79.7 Å². The fourth-order valence-electron chi connectivity index (χ4n) is 8.69. The number of ketones is 1. The number of carbonyl (C=O) groups excluding carboxylic acids is 1. The van der Waals surface area contributed by atoms with Gasteiger partial charge in [0.05, 0.1) is 15.8 Å². The fraction of sp³-hybridized carbons (Fsp3) is 0.553. The van der Waals surface area contributed by atoms with Crippen molar-refractivity contribution in [1.82, 2.24) is 9.80 Å². The SMILES string of the molecule is C=C(/N=C1/C(F)=C(c2ccc(F)c3sc(C(C)C)c(C#N)c23)C=C/C1=C(/C)N(CC)C(CCC(C)CC)C(C)C)OCC12CCCN1CC(C)C2.C=CC(C)=O. The van der Waals surface area contributed by atoms with E-state index in [0.29, 0.717) is 51.1 Å². The highest BCUT2D eigenvalue weighted by molar-refractivity contribution is 7.19. The van der Waals surface area contributed by atoms with Gasteiger partial charge in [-0.25, -0.2) is 13.8 Å². The number of fused-ring (bicyclic) bond motifs is 2. The van der Waals surface area contributed by atoms with E-state index in [1.807, 2.05) is 19.9 Å². The van der Waals surface area contributed by atoms with Gasteiger partial charge >= 0.3 is 0 Å². The molecule has 2 saturated heterocycles. The van der Waals surface area contributed by atoms with Crippen molar-refractivity contribution in [3.05, 3.63) is 88.3 Å². The van der Waals surface area contributed by atoms with E-state index in [-0.39, 0.29) is 40.4 Å². The average molecular weight is 787 g/mol. The molecule has 5 rings (SSSR count). The maximum atomic E-state index is 17.4. The van der Waals surface area contributed by atoms with Gasteiger partial charge in [0.1, 0.15) is 24.2 Å². The molecule has 304 valence electrons. The van der Waals surface area contributed by atoms with Gasteiger partial charge < -0.3 is 9.64 Å². The molecule has 9 heteroatoms. The van der Waals surface area contributed by atoms with E-state index in [1.165, 1.54) is 30.4 Å². The van der Waals surface area contributed by atoms with Crippen molar-refractivity contribution in [1.29, 1.82) is 5.26 Å². The minimum Gasteiger partial charge on any atom is -0.476 e. The Bertz CT molecular complexity index is 1950. The smallest absolute Gasteiger partial charge is 0.206 e. The molecular weight excluding hydrogens is 723 g/mol. The lowest BCUT2D eigenvalue weighted by Gasteiger charge is -2.38. The summed E-state index contributed by atoms with van der Waals surface area (Å²) < 4.78 is 39.4. The maximum Gasteiger partial charge on any atom is 0.206 e. The van der Waals surface area contributed by atoms with Gasteiger partial charge in [-0.2, -0.15) is 5.26 Å². The van der Waals surface area contributed by atoms with Gasteiger partial charge in [0.2, 0.25) is 5.88 Å². The Labute approximate surface area is 339 Å². The number of hydrogen-bond acceptors (Lipinski definition) is 7. The minimum absolute atomic E-state index is 0.0185. The highest BCUT2D eigenvalue weighted by Crippen LogP contribution is 2.44. The lowest BCUT2D eigenvalue weighted by molar-refractivity contribution is -0.112. The van der Waals surface area contributed by atoms with Crippen molar-refractivity contribution >= 4 is 38.5 Å². The van der Waals surface area contributed by atoms with Gasteiger partial charge in [-0.05, 0) is 107 Å². The second-order valence-electron chi connectivity index (χ2n) is 16.7. The van der Waals surface area contributed by atoms with Crippen LogP contribution in [0.15, 0.2) is 71.5 Å². The lowest BCUT2D eigenvalue weighted by Crippen LogP contribution is -2.42. The summed E-state index contributed by atoms with van der Waals surface area (Å²) >= 11 is 1.28. The van der Waals surface area contributed by atoms with E-state index in [4.69, 9.17) is 9.73 Å². The standard InChI is InChI=1S/C43H58F2N4OS.C4H6O/c1-11-28(7)14-19-37(26(3)4)49(12-2)30(9)32-15-16-34(33-17-18-36(44)42-38(33)35(23-46)41(51-42)27(5)6)39(45)40(32)47-31(10)50-25-43-20-13-21-48(43)24-29(8)22-43;1-3-4(2)5/h15-18,26-29,37H,10-14,19-22,24-25H2,1-9H3;3H,1H2,2H3/b32-30+,47-40+;. The van der Waals surface area contributed by atoms with Crippen LogP contribution in [0.1, 0.15) is 130 Å². The number of thiophene rings is 1. The molecule has 4 unspecified atom stereocenters. The molecule has 6 nitrogen and oxygen atoms in total. The van der Waals surface area contributed by atoms with Crippen molar-refractivity contribution in [2.24, 2.45) is 22.7 Å². The molecule has 56 heavy (non-hydrogen) atoms. The number of allylic oxidation sites excluding steroid dienone is 7. The molecule has 3 heterocycles. The van der Waals surface area contributed by atoms with Crippen LogP contribution in [0, 0.1) is 34.9 Å². The number of ether oxygens (including phenoxy) is 1. The zero-order chi connectivity index (χ0) is 41.5. The highest BCUT2D eigenvalue weighted by atomic mass is 32.1. The third kappa shape index (κ3) is 9.80. The summed E-state index contributed by atoms with van der Waals surface area (Å²) in [6.45, 7) is 31.8. The topological polar surface area (TPSA) is 68.9 Å². The van der Waals surface area contributed by atoms with Crippen molar-refractivity contribution in [3.63, 3.8) is 0 Å². The summed E-state index contributed by atoms with van der Waals surface area (Å²) in [4.78, 5) is 20.3. The van der Waals surface area contributed by atoms with Crippen LogP contribution in [-0.2, 0) is 9.53 Å². The molecule has 2 fully saturated rings. The van der Waals surface area contributed by atoms with Crippen molar-refractivity contribution in [2.45, 2.75) is 125 Å². The summed E-state index contributed by atoms with van der Waals surface area (Å²) in [5.74, 6) is 0.901. The molecule has 1 aromatic carbocycles. The van der Waals surface area contributed by atoms with Crippen molar-refractivity contribution in [2.75, 3.05) is 26.2 Å². The van der Waals surface area contributed by atoms with E-state index in [2.05, 4.69) is 77.5 Å². The first-order valence-electron chi connectivity index (χ1n) is 20.5. The van der Waals surface area contributed by atoms with Crippen LogP contribution >= 0.6 is 11.3 Å². The quantitative estimate of drug-likeness (QED) is 0.133. The minimum atomic E-state index is -0.530. The number of nitriles is 1. The molecule has 3 aliphatic rings. The zero-order valence-electron chi connectivity index (χ0n) is 35.5. The number of halogens is 2. The van der Waals surface area contributed by atoms with E-state index in [9.17, 15) is 10.1 Å². The largest absolute Gasteiger partial charge is 0.476 e. The first-order valence-corrected chi connectivity index (χ1v) is 21.3. The van der Waals surface area contributed by atoms with E-state index >= 15 is 8.78 Å². The van der Waals surface area contributed by atoms with Crippen LogP contribution in [-0.4, -0.2) is 59.1 Å². The molecule has 2 aromatic rings. The van der Waals surface area contributed by atoms with Gasteiger partial charge in [-0.15, -0.1) is 11.3 Å². The molecule has 1 aliphatic carbocycles. The van der Waals surface area contributed by atoms with Crippen LogP contribution < -0.4 is 0 Å². The van der Waals surface area contributed by atoms with Crippen LogP contribution in [0.4, 0.5) is 8.78 Å². The Kier molecular flexibility index (Phi) is 15.6. The second-order valence-corrected chi connectivity index (χ2v) is 17.7. The summed E-state index contributed by atoms with van der Waals surface area (Å²) in [6, 6.07) is 5.56. The van der Waals surface area contributed by atoms with Crippen LogP contribution in [0.5, 0.6) is 0 Å². The monoisotopic (exact) mass is 786 g/mol. The first-order chi connectivity index (χ1) is 26.5. The molecule has 0 saturated carbocycles. The molecular formula is C47H64F2N4O2S. The normalized spacial score (nSPS) is 22.2. The number of hydrogen-bond donors (Lipinski definition) is 0. The van der Waals surface area contributed by atoms with Crippen LogP contribution in [0.3, 0.4) is 0 Å². The Balaban J connectivity index is 0.00000131. The van der Waals surface area contributed by atoms with Crippen LogP contribution in [0.2, 0.25) is 0 Å². The first kappa shape index (κ1) is 44.8. The molecule has 0 spiro atoms. The van der Waals surface area contributed by atoms with Gasteiger partial charge in [0, 0.05) is 46.2 Å². The summed E-state index contributed by atoms with van der Waals surface area (Å²) in [6.07, 6.45) is 11.6. The number of nitrogens with zero attached hydrogens (tertiary/aromatic N) is 4. The Morgan fingerprint density at radius 2 is 1.88 bits per heavy atom. The predicted octanol–water partition coefficient (Wildman–Crippen LogP) is 12.3. The van der Waals surface area contributed by atoms with E-state index in [0.717, 1.165) is 68.7 Å². The summed E-state index contributed by atoms with van der Waals surface area (Å²) in [5.41, 5.74) is 2.93. The number of rotatable bonds is 15. The Morgan fingerprint density at radius 3 is 2.46 bits per heavy atom. The molecule has 0 radical (unpaired) electrons. The zero-order valence-corrected chi connectivity index (χ0v) is 36.3. The van der Waals surface area contributed by atoms with Crippen molar-refractivity contribution < 1.29 is 18.3 Å². The maximum absolute atomic E-state index is 17.4. The third-order valence-electron chi connectivity index (χ3n) is 11.9. The van der Waals surface area contributed by atoms with Crippen molar-refractivity contribution in [3.8, 4) is 6.07 Å². The van der Waals surface area contributed by atoms with Gasteiger partial charge in [-0.3, -0.25) is 9.69 Å². The molecule has 0 amide bonds. The predicted molar refractivity (Wildman–Crippen MR) is 231 cm³/mol. The van der Waals surface area contributed by atoms with Gasteiger partial charge in [0.15, 0.2) is 11.6 Å². The molecule has 0 bridgehead atoms. The van der Waals surface area contributed by atoms with Gasteiger partial charge in [0.25, 0.3) is 0 Å². The molecule has 4 atom stereocenters. The number of aliphatic imine (C=N–C) groups is 1. The fourth-order valence-corrected chi connectivity index (χ4v) is 9.87. The Morgan fingerprint density at radius 1 is 1.18 bits per heavy atom. The van der Waals surface area contributed by atoms with E-state index < -0.39 is 11.6 Å². The molecule has 0 N–H and O–H groups in total. The number of benzene rings is 1. The second kappa shape index (κ2) is 19.5. The molecule has 1 aromatic heterocycles. The number of carbonyl (C=O) groups is 1. The summed E-state index contributed by atoms with van der Waals surface area (Å²) in [5, 5.41) is 10.7. The molecule has 2 aliphatic heterocycles. The van der Waals surface area contributed by atoms with E-state index in [1.54, 1.807) is 12.1 Å². The Hall–Kier alpha value is -3.87. The summed E-state index contributed by atoms with van der Waals surface area (Å²) in [7, 11) is 0. The third-order valence-corrected chi connectivity index (χ3v) is 13.4.